The van der Waals surface area contributed by atoms with Crippen molar-refractivity contribution in [3.8, 4) is 0 Å². The Hall–Kier alpha value is -1.51. The Bertz CT molecular complexity index is 624. The lowest BCUT2D eigenvalue weighted by Gasteiger charge is -2.15. The molecule has 2 atom stereocenters. The van der Waals surface area contributed by atoms with E-state index in [2.05, 4.69) is 45.8 Å². The third-order valence-electron chi connectivity index (χ3n) is 4.42. The van der Waals surface area contributed by atoms with E-state index in [1.165, 1.54) is 13.3 Å². The first-order chi connectivity index (χ1) is 15.8. The van der Waals surface area contributed by atoms with Gasteiger partial charge in [-0.3, -0.25) is 18.6 Å². The van der Waals surface area contributed by atoms with Crippen LogP contribution in [0.2, 0.25) is 0 Å². The van der Waals surface area contributed by atoms with Crippen LogP contribution in [0.4, 0.5) is 0 Å². The van der Waals surface area contributed by atoms with Crippen LogP contribution in [0.5, 0.6) is 0 Å². The highest BCUT2D eigenvalue weighted by Crippen LogP contribution is 2.42. The van der Waals surface area contributed by atoms with Gasteiger partial charge in [0.1, 0.15) is 12.7 Å². The molecular formula is C23H42NO8P. The predicted octanol–water partition coefficient (Wildman–Crippen LogP) is 4.19. The van der Waals surface area contributed by atoms with E-state index in [-0.39, 0.29) is 25.7 Å². The Kier molecular flexibility index (Phi) is 20.1. The molecule has 0 aromatic carbocycles. The molecule has 0 bridgehead atoms. The van der Waals surface area contributed by atoms with Crippen molar-refractivity contribution >= 4 is 19.7 Å². The van der Waals surface area contributed by atoms with Crippen molar-refractivity contribution in [1.29, 1.82) is 0 Å². The summed E-state index contributed by atoms with van der Waals surface area (Å²) < 4.78 is 25.6. The smallest absolute Gasteiger partial charge is 0.463 e. The number of rotatable bonds is 21. The summed E-state index contributed by atoms with van der Waals surface area (Å²) in [5.41, 5.74) is 0. The van der Waals surface area contributed by atoms with Crippen LogP contribution in [0.1, 0.15) is 78.1 Å². The molecule has 1 amide bonds. The number of amides is 1. The zero-order valence-electron chi connectivity index (χ0n) is 20.1. The SMILES string of the molecule is CCC/C=C\C/C=C\CCCCCCCC(=O)NCCOP(=O)(O)OCC(O)COC(C)=O. The molecule has 0 saturated carbocycles. The Morgan fingerprint density at radius 2 is 1.64 bits per heavy atom. The van der Waals surface area contributed by atoms with Gasteiger partial charge in [0.25, 0.3) is 0 Å². The van der Waals surface area contributed by atoms with Crippen molar-refractivity contribution in [3.63, 3.8) is 0 Å². The van der Waals surface area contributed by atoms with Gasteiger partial charge < -0.3 is 20.1 Å². The molecular weight excluding hydrogens is 449 g/mol. The van der Waals surface area contributed by atoms with Gasteiger partial charge in [0.05, 0.1) is 13.2 Å². The number of aliphatic hydroxyl groups excluding tert-OH is 1. The molecule has 9 nitrogen and oxygen atoms in total. The number of carbonyl (C=O) groups excluding carboxylic acids is 2. The maximum Gasteiger partial charge on any atom is 0.472 e. The highest BCUT2D eigenvalue weighted by Gasteiger charge is 2.23. The van der Waals surface area contributed by atoms with Crippen LogP contribution in [0.25, 0.3) is 0 Å². The molecule has 0 heterocycles. The second-order valence-corrected chi connectivity index (χ2v) is 9.13. The molecule has 0 aliphatic carbocycles. The van der Waals surface area contributed by atoms with Gasteiger partial charge in [-0.2, -0.15) is 0 Å². The number of phosphoric acid groups is 1. The Labute approximate surface area is 198 Å². The van der Waals surface area contributed by atoms with Gasteiger partial charge in [-0.25, -0.2) is 4.57 Å². The number of allylic oxidation sites excluding steroid dienone is 4. The summed E-state index contributed by atoms with van der Waals surface area (Å²) >= 11 is 0. The van der Waals surface area contributed by atoms with Crippen LogP contribution in [0.3, 0.4) is 0 Å². The summed E-state index contributed by atoms with van der Waals surface area (Å²) in [4.78, 5) is 31.9. The van der Waals surface area contributed by atoms with Crippen LogP contribution in [-0.2, 0) is 27.9 Å². The molecule has 0 aliphatic heterocycles. The van der Waals surface area contributed by atoms with Gasteiger partial charge in [0.2, 0.25) is 5.91 Å². The zero-order valence-corrected chi connectivity index (χ0v) is 21.0. The van der Waals surface area contributed by atoms with Crippen LogP contribution >= 0.6 is 7.82 Å². The minimum Gasteiger partial charge on any atom is -0.463 e. The van der Waals surface area contributed by atoms with Crippen molar-refractivity contribution in [2.45, 2.75) is 84.2 Å². The van der Waals surface area contributed by atoms with Crippen molar-refractivity contribution in [1.82, 2.24) is 5.32 Å². The average Bonchev–Trinajstić information content (AvgIpc) is 2.77. The minimum atomic E-state index is -4.36. The minimum absolute atomic E-state index is 0.0721. The third-order valence-corrected chi connectivity index (χ3v) is 5.41. The van der Waals surface area contributed by atoms with Crippen molar-refractivity contribution in [2.24, 2.45) is 0 Å². The van der Waals surface area contributed by atoms with E-state index in [1.807, 2.05) is 0 Å². The number of hydrogen-bond donors (Lipinski definition) is 3. The molecule has 3 N–H and O–H groups in total. The summed E-state index contributed by atoms with van der Waals surface area (Å²) in [7, 11) is -4.36. The number of nitrogens with one attached hydrogen (secondary N) is 1. The Morgan fingerprint density at radius 3 is 2.33 bits per heavy atom. The largest absolute Gasteiger partial charge is 0.472 e. The van der Waals surface area contributed by atoms with Gasteiger partial charge >= 0.3 is 13.8 Å². The first kappa shape index (κ1) is 31.5. The number of esters is 1. The van der Waals surface area contributed by atoms with E-state index < -0.39 is 26.5 Å². The number of ether oxygens (including phenoxy) is 1. The van der Waals surface area contributed by atoms with Crippen LogP contribution in [0, 0.1) is 0 Å². The summed E-state index contributed by atoms with van der Waals surface area (Å²) in [6.07, 6.45) is 17.6. The van der Waals surface area contributed by atoms with Crippen molar-refractivity contribution < 1.29 is 37.9 Å². The molecule has 0 aliphatic rings. The first-order valence-electron chi connectivity index (χ1n) is 11.8. The van der Waals surface area contributed by atoms with Crippen LogP contribution < -0.4 is 5.32 Å². The molecule has 0 aromatic heterocycles. The molecule has 0 radical (unpaired) electrons. The van der Waals surface area contributed by atoms with Gasteiger partial charge in [-0.05, 0) is 32.1 Å². The Morgan fingerprint density at radius 1 is 0.970 bits per heavy atom. The fourth-order valence-electron chi connectivity index (χ4n) is 2.67. The van der Waals surface area contributed by atoms with Crippen LogP contribution in [0.15, 0.2) is 24.3 Å². The summed E-state index contributed by atoms with van der Waals surface area (Å²) in [5, 5.41) is 12.1. The molecule has 0 fully saturated rings. The predicted molar refractivity (Wildman–Crippen MR) is 128 cm³/mol. The lowest BCUT2D eigenvalue weighted by atomic mass is 10.1. The van der Waals surface area contributed by atoms with Crippen molar-refractivity contribution in [3.05, 3.63) is 24.3 Å². The lowest BCUT2D eigenvalue weighted by Crippen LogP contribution is -2.27. The third kappa shape index (κ3) is 23.4. The normalized spacial score (nSPS) is 14.4. The molecule has 0 rings (SSSR count). The summed E-state index contributed by atoms with van der Waals surface area (Å²) in [6.45, 7) is 2.34. The molecule has 0 aromatic rings. The average molecular weight is 492 g/mol. The quantitative estimate of drug-likeness (QED) is 0.0942. The molecule has 10 heteroatoms. The molecule has 0 spiro atoms. The Balaban J connectivity index is 3.60. The topological polar surface area (TPSA) is 131 Å². The van der Waals surface area contributed by atoms with E-state index in [4.69, 9.17) is 4.52 Å². The number of aliphatic hydroxyl groups is 1. The molecule has 2 unspecified atom stereocenters. The standard InChI is InChI=1S/C23H42NO8P/c1-3-4-5-6-7-8-9-10-11-12-13-14-15-16-23(27)24-17-18-31-33(28,29)32-20-22(26)19-30-21(2)25/h5-6,8-9,22,26H,3-4,7,10-20H2,1-2H3,(H,24,27)(H,28,29)/b6-5-,9-8-. The number of hydrogen-bond acceptors (Lipinski definition) is 7. The fraction of sp³-hybridized carbons (Fsp3) is 0.739. The number of phosphoric ester groups is 1. The van der Waals surface area contributed by atoms with E-state index in [9.17, 15) is 24.2 Å². The fourth-order valence-corrected chi connectivity index (χ4v) is 3.43. The molecule has 0 saturated heterocycles. The molecule has 33 heavy (non-hydrogen) atoms. The van der Waals surface area contributed by atoms with E-state index in [1.54, 1.807) is 0 Å². The second kappa shape index (κ2) is 21.1. The lowest BCUT2D eigenvalue weighted by molar-refractivity contribution is -0.144. The van der Waals surface area contributed by atoms with E-state index >= 15 is 0 Å². The maximum absolute atomic E-state index is 11.8. The summed E-state index contributed by atoms with van der Waals surface area (Å²) in [5.74, 6) is -0.717. The highest BCUT2D eigenvalue weighted by atomic mass is 31.2. The van der Waals surface area contributed by atoms with Gasteiger partial charge in [-0.1, -0.05) is 56.9 Å². The van der Waals surface area contributed by atoms with Crippen molar-refractivity contribution in [2.75, 3.05) is 26.4 Å². The monoisotopic (exact) mass is 491 g/mol. The molecule has 192 valence electrons. The zero-order chi connectivity index (χ0) is 24.8. The second-order valence-electron chi connectivity index (χ2n) is 7.68. The van der Waals surface area contributed by atoms with Gasteiger partial charge in [0, 0.05) is 19.9 Å². The van der Waals surface area contributed by atoms with Crippen LogP contribution in [-0.4, -0.2) is 54.3 Å². The van der Waals surface area contributed by atoms with Gasteiger partial charge in [0.15, 0.2) is 0 Å². The number of unbranched alkanes of at least 4 members (excludes halogenated alkanes) is 6. The van der Waals surface area contributed by atoms with E-state index in [0.717, 1.165) is 51.4 Å². The first-order valence-corrected chi connectivity index (χ1v) is 13.3. The van der Waals surface area contributed by atoms with Gasteiger partial charge in [-0.15, -0.1) is 0 Å². The maximum atomic E-state index is 11.8. The van der Waals surface area contributed by atoms with E-state index in [0.29, 0.717) is 6.42 Å². The highest BCUT2D eigenvalue weighted by molar-refractivity contribution is 7.47. The number of carbonyl (C=O) groups is 2. The summed E-state index contributed by atoms with van der Waals surface area (Å²) in [6, 6.07) is 0.